The van der Waals surface area contributed by atoms with Gasteiger partial charge in [-0.05, 0) is 45.8 Å². The van der Waals surface area contributed by atoms with Gasteiger partial charge < -0.3 is 14.8 Å². The maximum Gasteiger partial charge on any atom is 0.0700 e. The molecule has 0 aliphatic rings. The number of aromatic nitrogens is 2. The van der Waals surface area contributed by atoms with Crippen LogP contribution in [0.2, 0.25) is 0 Å². The van der Waals surface area contributed by atoms with E-state index in [1.54, 1.807) is 7.11 Å². The zero-order chi connectivity index (χ0) is 13.9. The van der Waals surface area contributed by atoms with Gasteiger partial charge in [0.2, 0.25) is 0 Å². The normalized spacial score (nSPS) is 11.1. The Morgan fingerprint density at radius 3 is 2.63 bits per heavy atom. The number of rotatable bonds is 11. The lowest BCUT2D eigenvalue weighted by Crippen LogP contribution is -2.20. The van der Waals surface area contributed by atoms with E-state index in [-0.39, 0.29) is 0 Å². The number of ether oxygens (including phenoxy) is 2. The fraction of sp³-hybridized carbons (Fsp3) is 0.786. The summed E-state index contributed by atoms with van der Waals surface area (Å²) in [6.07, 6.45) is 2.15. The summed E-state index contributed by atoms with van der Waals surface area (Å²) in [6, 6.07) is 2.12. The Hall–Kier alpha value is -0.910. The van der Waals surface area contributed by atoms with Crippen molar-refractivity contribution in [1.82, 2.24) is 15.1 Å². The number of hydrogen-bond acceptors (Lipinski definition) is 4. The van der Waals surface area contributed by atoms with E-state index in [4.69, 9.17) is 9.47 Å². The van der Waals surface area contributed by atoms with E-state index in [9.17, 15) is 0 Å². The molecule has 0 fully saturated rings. The number of aryl methyl sites for hydroxylation is 3. The molecule has 1 N–H and O–H groups in total. The number of nitrogens with zero attached hydrogens (tertiary/aromatic N) is 2. The molecule has 19 heavy (non-hydrogen) atoms. The molecule has 0 unspecified atom stereocenters. The molecule has 0 aromatic carbocycles. The summed E-state index contributed by atoms with van der Waals surface area (Å²) < 4.78 is 12.4. The topological polar surface area (TPSA) is 48.3 Å². The molecule has 0 saturated heterocycles. The molecular weight excluding hydrogens is 242 g/mol. The second kappa shape index (κ2) is 9.95. The molecule has 1 aromatic heterocycles. The molecule has 0 aliphatic heterocycles. The summed E-state index contributed by atoms with van der Waals surface area (Å²) in [4.78, 5) is 0. The number of hydrogen-bond donors (Lipinski definition) is 1. The molecule has 1 heterocycles. The first-order valence-corrected chi connectivity index (χ1v) is 7.02. The Kier molecular flexibility index (Phi) is 8.45. The van der Waals surface area contributed by atoms with E-state index in [1.807, 2.05) is 6.92 Å². The van der Waals surface area contributed by atoms with Crippen molar-refractivity contribution in [3.8, 4) is 0 Å². The SMILES string of the molecule is COCCOCCCNCCCn1nc(C)cc1C. The van der Waals surface area contributed by atoms with Crippen molar-refractivity contribution in [2.45, 2.75) is 33.2 Å². The molecule has 0 amide bonds. The number of methoxy groups -OCH3 is 1. The summed E-state index contributed by atoms with van der Waals surface area (Å²) >= 11 is 0. The molecule has 0 bridgehead atoms. The van der Waals surface area contributed by atoms with Crippen LogP contribution in [-0.2, 0) is 16.0 Å². The second-order valence-corrected chi connectivity index (χ2v) is 4.71. The van der Waals surface area contributed by atoms with Gasteiger partial charge in [-0.1, -0.05) is 0 Å². The van der Waals surface area contributed by atoms with Crippen LogP contribution in [0.25, 0.3) is 0 Å². The summed E-state index contributed by atoms with van der Waals surface area (Å²) in [7, 11) is 1.69. The van der Waals surface area contributed by atoms with Gasteiger partial charge in [-0.25, -0.2) is 0 Å². The van der Waals surface area contributed by atoms with Crippen molar-refractivity contribution < 1.29 is 9.47 Å². The predicted octanol–water partition coefficient (Wildman–Crippen LogP) is 1.53. The molecule has 110 valence electrons. The highest BCUT2D eigenvalue weighted by atomic mass is 16.5. The molecule has 5 heteroatoms. The number of nitrogens with one attached hydrogen (secondary N) is 1. The molecule has 5 nitrogen and oxygen atoms in total. The first kappa shape index (κ1) is 16.1. The van der Waals surface area contributed by atoms with Gasteiger partial charge in [-0.3, -0.25) is 4.68 Å². The van der Waals surface area contributed by atoms with Crippen molar-refractivity contribution in [3.05, 3.63) is 17.5 Å². The van der Waals surface area contributed by atoms with E-state index >= 15 is 0 Å². The zero-order valence-corrected chi connectivity index (χ0v) is 12.4. The third kappa shape index (κ3) is 7.30. The first-order valence-electron chi connectivity index (χ1n) is 7.02. The quantitative estimate of drug-likeness (QED) is 0.619. The Morgan fingerprint density at radius 2 is 1.95 bits per heavy atom. The zero-order valence-electron chi connectivity index (χ0n) is 12.4. The van der Waals surface area contributed by atoms with Crippen LogP contribution in [0.15, 0.2) is 6.07 Å². The van der Waals surface area contributed by atoms with Crippen molar-refractivity contribution in [2.24, 2.45) is 0 Å². The summed E-state index contributed by atoms with van der Waals surface area (Å²) in [5.41, 5.74) is 2.34. The second-order valence-electron chi connectivity index (χ2n) is 4.71. The van der Waals surface area contributed by atoms with Crippen LogP contribution in [0.1, 0.15) is 24.2 Å². The predicted molar refractivity (Wildman–Crippen MR) is 76.5 cm³/mol. The fourth-order valence-corrected chi connectivity index (χ4v) is 1.92. The highest BCUT2D eigenvalue weighted by Crippen LogP contribution is 2.02. The van der Waals surface area contributed by atoms with Crippen LogP contribution >= 0.6 is 0 Å². The Balaban J connectivity index is 1.90. The maximum atomic E-state index is 5.39. The fourth-order valence-electron chi connectivity index (χ4n) is 1.92. The van der Waals surface area contributed by atoms with Gasteiger partial charge >= 0.3 is 0 Å². The Bertz CT molecular complexity index is 339. The minimum Gasteiger partial charge on any atom is -0.382 e. The van der Waals surface area contributed by atoms with Gasteiger partial charge in [-0.15, -0.1) is 0 Å². The molecule has 1 aromatic rings. The van der Waals surface area contributed by atoms with Gasteiger partial charge in [0.15, 0.2) is 0 Å². The highest BCUT2D eigenvalue weighted by molar-refractivity contribution is 5.06. The lowest BCUT2D eigenvalue weighted by molar-refractivity contribution is 0.0695. The van der Waals surface area contributed by atoms with Crippen molar-refractivity contribution in [1.29, 1.82) is 0 Å². The molecule has 0 radical (unpaired) electrons. The monoisotopic (exact) mass is 269 g/mol. The molecule has 0 saturated carbocycles. The summed E-state index contributed by atoms with van der Waals surface area (Å²) in [6.45, 7) is 9.31. The van der Waals surface area contributed by atoms with Gasteiger partial charge in [0.1, 0.15) is 0 Å². The van der Waals surface area contributed by atoms with Crippen LogP contribution in [0.5, 0.6) is 0 Å². The van der Waals surface area contributed by atoms with E-state index < -0.39 is 0 Å². The van der Waals surface area contributed by atoms with Gasteiger partial charge in [0.25, 0.3) is 0 Å². The van der Waals surface area contributed by atoms with Crippen molar-refractivity contribution in [3.63, 3.8) is 0 Å². The standard InChI is InChI=1S/C14H27N3O2/c1-13-12-14(2)17(16-13)8-4-6-15-7-5-9-19-11-10-18-3/h12,15H,4-11H2,1-3H3. The molecule has 0 atom stereocenters. The van der Waals surface area contributed by atoms with Gasteiger partial charge in [0, 0.05) is 26.0 Å². The lowest BCUT2D eigenvalue weighted by atomic mass is 10.3. The van der Waals surface area contributed by atoms with E-state index in [2.05, 4.69) is 28.1 Å². The lowest BCUT2D eigenvalue weighted by Gasteiger charge is -2.07. The average molecular weight is 269 g/mol. The smallest absolute Gasteiger partial charge is 0.0700 e. The van der Waals surface area contributed by atoms with Gasteiger partial charge in [0.05, 0.1) is 18.9 Å². The van der Waals surface area contributed by atoms with Crippen LogP contribution < -0.4 is 5.32 Å². The molecule has 0 aliphatic carbocycles. The molecule has 1 rings (SSSR count). The first-order chi connectivity index (χ1) is 9.24. The van der Waals surface area contributed by atoms with Gasteiger partial charge in [-0.2, -0.15) is 5.10 Å². The summed E-state index contributed by atoms with van der Waals surface area (Å²) in [5, 5.41) is 7.86. The largest absolute Gasteiger partial charge is 0.382 e. The van der Waals surface area contributed by atoms with Crippen LogP contribution in [0, 0.1) is 13.8 Å². The minimum absolute atomic E-state index is 0.677. The summed E-state index contributed by atoms with van der Waals surface area (Å²) in [5.74, 6) is 0. The maximum absolute atomic E-state index is 5.39. The highest BCUT2D eigenvalue weighted by Gasteiger charge is 1.99. The van der Waals surface area contributed by atoms with E-state index in [0.29, 0.717) is 13.2 Å². The third-order valence-corrected chi connectivity index (χ3v) is 2.90. The molecule has 0 spiro atoms. The minimum atomic E-state index is 0.677. The van der Waals surface area contributed by atoms with Crippen molar-refractivity contribution in [2.75, 3.05) is 40.0 Å². The third-order valence-electron chi connectivity index (χ3n) is 2.90. The average Bonchev–Trinajstić information content (AvgIpc) is 2.70. The van der Waals surface area contributed by atoms with Crippen LogP contribution in [-0.4, -0.2) is 49.8 Å². The van der Waals surface area contributed by atoms with E-state index in [1.165, 1.54) is 5.69 Å². The van der Waals surface area contributed by atoms with Crippen molar-refractivity contribution >= 4 is 0 Å². The van der Waals surface area contributed by atoms with E-state index in [0.717, 1.165) is 44.8 Å². The molecular formula is C14H27N3O2. The van der Waals surface area contributed by atoms with Crippen LogP contribution in [0.3, 0.4) is 0 Å². The van der Waals surface area contributed by atoms with Crippen LogP contribution in [0.4, 0.5) is 0 Å². The Labute approximate surface area is 116 Å². The Morgan fingerprint density at radius 1 is 1.16 bits per heavy atom.